The van der Waals surface area contributed by atoms with Crippen LogP contribution >= 0.6 is 0 Å². The molecular weight excluding hydrogens is 222 g/mol. The van der Waals surface area contributed by atoms with Crippen molar-refractivity contribution in [1.82, 2.24) is 5.32 Å². The molecule has 96 valence electrons. The molecule has 0 amide bonds. The molecule has 1 saturated carbocycles. The average Bonchev–Trinajstić information content (AvgIpc) is 3.06. The van der Waals surface area contributed by atoms with Gasteiger partial charge in [0.05, 0.1) is 5.75 Å². The lowest BCUT2D eigenvalue weighted by molar-refractivity contribution is 0.427. The molecule has 0 aromatic carbocycles. The van der Waals surface area contributed by atoms with E-state index in [1.54, 1.807) is 6.92 Å². The molecule has 1 N–H and O–H groups in total. The van der Waals surface area contributed by atoms with Crippen molar-refractivity contribution in [2.75, 3.05) is 18.1 Å². The van der Waals surface area contributed by atoms with Gasteiger partial charge in [-0.1, -0.05) is 20.3 Å². The van der Waals surface area contributed by atoms with Gasteiger partial charge in [0.1, 0.15) is 9.84 Å². The standard InChI is InChI=1S/C12H25NO2S/c1-3-5-11(10-13-12-6-7-12)8-9-16(14,15)4-2/h11-13H,3-10H2,1-2H3. The largest absolute Gasteiger partial charge is 0.314 e. The first-order valence-electron chi connectivity index (χ1n) is 6.51. The van der Waals surface area contributed by atoms with Gasteiger partial charge in [0.15, 0.2) is 0 Å². The van der Waals surface area contributed by atoms with Crippen LogP contribution in [0.5, 0.6) is 0 Å². The highest BCUT2D eigenvalue weighted by molar-refractivity contribution is 7.91. The highest BCUT2D eigenvalue weighted by Crippen LogP contribution is 2.20. The molecule has 0 spiro atoms. The molecule has 0 aromatic heterocycles. The number of rotatable bonds is 9. The van der Waals surface area contributed by atoms with Gasteiger partial charge in [-0.15, -0.1) is 0 Å². The summed E-state index contributed by atoms with van der Waals surface area (Å²) < 4.78 is 22.9. The first-order valence-corrected chi connectivity index (χ1v) is 8.33. The fourth-order valence-electron chi connectivity index (χ4n) is 1.87. The molecule has 16 heavy (non-hydrogen) atoms. The fraction of sp³-hybridized carbons (Fsp3) is 1.00. The summed E-state index contributed by atoms with van der Waals surface area (Å²) in [6.07, 6.45) is 5.70. The van der Waals surface area contributed by atoms with Gasteiger partial charge < -0.3 is 5.32 Å². The molecule has 1 atom stereocenters. The summed E-state index contributed by atoms with van der Waals surface area (Å²) in [7, 11) is -2.78. The average molecular weight is 247 g/mol. The van der Waals surface area contributed by atoms with E-state index in [2.05, 4.69) is 12.2 Å². The predicted octanol–water partition coefficient (Wildman–Crippen LogP) is 1.98. The molecule has 0 saturated heterocycles. The summed E-state index contributed by atoms with van der Waals surface area (Å²) in [5, 5.41) is 3.50. The Morgan fingerprint density at radius 3 is 2.44 bits per heavy atom. The maximum absolute atomic E-state index is 11.4. The molecule has 1 unspecified atom stereocenters. The molecule has 1 rings (SSSR count). The molecule has 0 heterocycles. The SMILES string of the molecule is CCCC(CCS(=O)(=O)CC)CNC1CC1. The lowest BCUT2D eigenvalue weighted by Gasteiger charge is -2.16. The molecule has 1 aliphatic carbocycles. The van der Waals surface area contributed by atoms with Crippen LogP contribution < -0.4 is 5.32 Å². The smallest absolute Gasteiger partial charge is 0.150 e. The quantitative estimate of drug-likeness (QED) is 0.677. The third-order valence-corrected chi connectivity index (χ3v) is 4.98. The second-order valence-corrected chi connectivity index (χ2v) is 7.34. The molecule has 1 aliphatic rings. The normalized spacial score (nSPS) is 18.6. The Bertz CT molecular complexity index is 283. The molecular formula is C12H25NO2S. The number of hydrogen-bond acceptors (Lipinski definition) is 3. The number of hydrogen-bond donors (Lipinski definition) is 1. The van der Waals surface area contributed by atoms with Crippen molar-refractivity contribution in [2.45, 2.75) is 52.0 Å². The van der Waals surface area contributed by atoms with Crippen LogP contribution in [0.2, 0.25) is 0 Å². The van der Waals surface area contributed by atoms with Crippen molar-refractivity contribution in [3.63, 3.8) is 0 Å². The van der Waals surface area contributed by atoms with E-state index in [9.17, 15) is 8.42 Å². The fourth-order valence-corrected chi connectivity index (χ4v) is 2.85. The Kier molecular flexibility index (Phi) is 5.76. The zero-order valence-corrected chi connectivity index (χ0v) is 11.4. The van der Waals surface area contributed by atoms with Crippen LogP contribution in [0.15, 0.2) is 0 Å². The maximum Gasteiger partial charge on any atom is 0.150 e. The van der Waals surface area contributed by atoms with Gasteiger partial charge in [-0.2, -0.15) is 0 Å². The molecule has 4 heteroatoms. The second-order valence-electron chi connectivity index (χ2n) is 4.86. The van der Waals surface area contributed by atoms with Gasteiger partial charge in [-0.05, 0) is 38.1 Å². The molecule has 0 bridgehead atoms. The second kappa shape index (κ2) is 6.60. The molecule has 1 fully saturated rings. The van der Waals surface area contributed by atoms with Gasteiger partial charge >= 0.3 is 0 Å². The summed E-state index contributed by atoms with van der Waals surface area (Å²) in [5.74, 6) is 1.18. The van der Waals surface area contributed by atoms with Crippen LogP contribution in [0.25, 0.3) is 0 Å². The van der Waals surface area contributed by atoms with Gasteiger partial charge in [-0.3, -0.25) is 0 Å². The summed E-state index contributed by atoms with van der Waals surface area (Å²) in [6, 6.07) is 0.724. The molecule has 0 aromatic rings. The lowest BCUT2D eigenvalue weighted by Crippen LogP contribution is -2.26. The maximum atomic E-state index is 11.4. The topological polar surface area (TPSA) is 46.2 Å². The first-order chi connectivity index (χ1) is 7.57. The van der Waals surface area contributed by atoms with Crippen LogP contribution in [-0.4, -0.2) is 32.5 Å². The van der Waals surface area contributed by atoms with Crippen molar-refractivity contribution in [1.29, 1.82) is 0 Å². The van der Waals surface area contributed by atoms with Gasteiger partial charge in [0, 0.05) is 11.8 Å². The highest BCUT2D eigenvalue weighted by Gasteiger charge is 2.22. The van der Waals surface area contributed by atoms with Crippen molar-refractivity contribution < 1.29 is 8.42 Å². The first kappa shape index (κ1) is 14.0. The van der Waals surface area contributed by atoms with Crippen LogP contribution in [0.3, 0.4) is 0 Å². The van der Waals surface area contributed by atoms with Gasteiger partial charge in [-0.25, -0.2) is 8.42 Å². The van der Waals surface area contributed by atoms with Crippen molar-refractivity contribution in [3.8, 4) is 0 Å². The van der Waals surface area contributed by atoms with Crippen LogP contribution in [0.1, 0.15) is 46.0 Å². The van der Waals surface area contributed by atoms with E-state index in [1.165, 1.54) is 12.8 Å². The van der Waals surface area contributed by atoms with Crippen LogP contribution in [0, 0.1) is 5.92 Å². The van der Waals surface area contributed by atoms with Crippen LogP contribution in [-0.2, 0) is 9.84 Å². The monoisotopic (exact) mass is 247 g/mol. The highest BCUT2D eigenvalue weighted by atomic mass is 32.2. The Morgan fingerprint density at radius 2 is 1.94 bits per heavy atom. The summed E-state index contributed by atoms with van der Waals surface area (Å²) in [4.78, 5) is 0. The summed E-state index contributed by atoms with van der Waals surface area (Å²) in [6.45, 7) is 4.89. The zero-order valence-electron chi connectivity index (χ0n) is 10.5. The van der Waals surface area contributed by atoms with E-state index < -0.39 is 9.84 Å². The lowest BCUT2D eigenvalue weighted by atomic mass is 10.0. The van der Waals surface area contributed by atoms with E-state index in [-0.39, 0.29) is 5.75 Å². The Labute approximate surface area is 99.9 Å². The summed E-state index contributed by atoms with van der Waals surface area (Å²) >= 11 is 0. The Hall–Kier alpha value is -0.0900. The van der Waals surface area contributed by atoms with E-state index in [1.807, 2.05) is 0 Å². The minimum absolute atomic E-state index is 0.280. The van der Waals surface area contributed by atoms with E-state index >= 15 is 0 Å². The predicted molar refractivity (Wildman–Crippen MR) is 68.4 cm³/mol. The van der Waals surface area contributed by atoms with E-state index in [4.69, 9.17) is 0 Å². The molecule has 0 aliphatic heterocycles. The third kappa shape index (κ3) is 5.85. The third-order valence-electron chi connectivity index (χ3n) is 3.25. The van der Waals surface area contributed by atoms with Crippen molar-refractivity contribution in [3.05, 3.63) is 0 Å². The minimum atomic E-state index is -2.78. The van der Waals surface area contributed by atoms with E-state index in [0.717, 1.165) is 31.8 Å². The minimum Gasteiger partial charge on any atom is -0.314 e. The van der Waals surface area contributed by atoms with Crippen molar-refractivity contribution >= 4 is 9.84 Å². The number of sulfone groups is 1. The summed E-state index contributed by atoms with van der Waals surface area (Å²) in [5.41, 5.74) is 0. The van der Waals surface area contributed by atoms with Crippen LogP contribution in [0.4, 0.5) is 0 Å². The Balaban J connectivity index is 2.25. The van der Waals surface area contributed by atoms with Gasteiger partial charge in [0.2, 0.25) is 0 Å². The molecule has 0 radical (unpaired) electrons. The zero-order chi connectivity index (χ0) is 12.0. The van der Waals surface area contributed by atoms with Gasteiger partial charge in [0.25, 0.3) is 0 Å². The number of nitrogens with one attached hydrogen (secondary N) is 1. The van der Waals surface area contributed by atoms with E-state index in [0.29, 0.717) is 11.7 Å². The molecule has 3 nitrogen and oxygen atoms in total. The van der Waals surface area contributed by atoms with Crippen molar-refractivity contribution in [2.24, 2.45) is 5.92 Å². The Morgan fingerprint density at radius 1 is 1.25 bits per heavy atom.